The third-order valence-electron chi connectivity index (χ3n) is 5.71. The Balaban J connectivity index is 1.56. The maximum absolute atomic E-state index is 13.2. The van der Waals surface area contributed by atoms with Crippen LogP contribution in [-0.2, 0) is 14.8 Å². The zero-order chi connectivity index (χ0) is 24.3. The molecule has 1 aliphatic rings. The molecule has 2 N–H and O–H groups in total. The SMILES string of the molecule is COc1ncc(NC(=O)c2cnn(C3CCOCC3)c2)cc1S(=O)(=O)Nc1c(C)cccc1C. The van der Waals surface area contributed by atoms with Gasteiger partial charge in [0.15, 0.2) is 4.90 Å². The van der Waals surface area contributed by atoms with Gasteiger partial charge in [0.05, 0.1) is 42.5 Å². The zero-order valence-electron chi connectivity index (χ0n) is 19.2. The fraction of sp³-hybridized carbons (Fsp3) is 0.348. The molecule has 11 heteroatoms. The van der Waals surface area contributed by atoms with E-state index in [4.69, 9.17) is 9.47 Å². The molecule has 3 heterocycles. The molecule has 2 aromatic heterocycles. The predicted octanol–water partition coefficient (Wildman–Crippen LogP) is 3.31. The number of methoxy groups -OCH3 is 1. The molecule has 0 atom stereocenters. The summed E-state index contributed by atoms with van der Waals surface area (Å²) in [5, 5.41) is 7.01. The number of pyridine rings is 1. The predicted molar refractivity (Wildman–Crippen MR) is 127 cm³/mol. The number of ether oxygens (including phenoxy) is 2. The van der Waals surface area contributed by atoms with Gasteiger partial charge in [-0.1, -0.05) is 18.2 Å². The quantitative estimate of drug-likeness (QED) is 0.526. The molecule has 1 aliphatic heterocycles. The summed E-state index contributed by atoms with van der Waals surface area (Å²) in [6.45, 7) is 4.96. The van der Waals surface area contributed by atoms with Crippen LogP contribution in [0.5, 0.6) is 5.88 Å². The van der Waals surface area contributed by atoms with Crippen molar-refractivity contribution in [3.05, 3.63) is 59.5 Å². The first kappa shape index (κ1) is 23.7. The van der Waals surface area contributed by atoms with Crippen LogP contribution in [0.1, 0.15) is 40.4 Å². The van der Waals surface area contributed by atoms with E-state index in [0.29, 0.717) is 24.5 Å². The highest BCUT2D eigenvalue weighted by atomic mass is 32.2. The van der Waals surface area contributed by atoms with Crippen molar-refractivity contribution in [2.45, 2.75) is 37.6 Å². The number of sulfonamides is 1. The average molecular weight is 486 g/mol. The minimum Gasteiger partial charge on any atom is -0.480 e. The van der Waals surface area contributed by atoms with Crippen LogP contribution >= 0.6 is 0 Å². The summed E-state index contributed by atoms with van der Waals surface area (Å²) in [6, 6.07) is 6.99. The zero-order valence-corrected chi connectivity index (χ0v) is 20.1. The molecule has 0 saturated carbocycles. The molecule has 0 radical (unpaired) electrons. The Labute approximate surface area is 198 Å². The second-order valence-electron chi connectivity index (χ2n) is 8.11. The number of hydrogen-bond acceptors (Lipinski definition) is 7. The van der Waals surface area contributed by atoms with Gasteiger partial charge in [-0.3, -0.25) is 14.2 Å². The molecule has 180 valence electrons. The van der Waals surface area contributed by atoms with Crippen LogP contribution in [0.15, 0.2) is 47.8 Å². The van der Waals surface area contributed by atoms with E-state index in [1.54, 1.807) is 10.9 Å². The molecular weight excluding hydrogens is 458 g/mol. The summed E-state index contributed by atoms with van der Waals surface area (Å²) in [5.74, 6) is -0.500. The lowest BCUT2D eigenvalue weighted by Crippen LogP contribution is -2.20. The molecule has 1 saturated heterocycles. The molecule has 4 rings (SSSR count). The summed E-state index contributed by atoms with van der Waals surface area (Å²) in [4.78, 5) is 16.7. The van der Waals surface area contributed by atoms with Crippen molar-refractivity contribution in [2.24, 2.45) is 0 Å². The summed E-state index contributed by atoms with van der Waals surface area (Å²) in [5.41, 5.74) is 2.62. The molecule has 3 aromatic rings. The molecule has 1 aromatic carbocycles. The lowest BCUT2D eigenvalue weighted by atomic mass is 10.1. The normalized spacial score (nSPS) is 14.6. The fourth-order valence-corrected chi connectivity index (χ4v) is 5.17. The van der Waals surface area contributed by atoms with Crippen LogP contribution in [0.3, 0.4) is 0 Å². The highest BCUT2D eigenvalue weighted by molar-refractivity contribution is 7.92. The molecule has 10 nitrogen and oxygen atoms in total. The Hall–Kier alpha value is -3.44. The van der Waals surface area contributed by atoms with E-state index in [9.17, 15) is 13.2 Å². The number of carbonyl (C=O) groups is 1. The first-order valence-corrected chi connectivity index (χ1v) is 12.3. The summed E-state index contributed by atoms with van der Waals surface area (Å²) in [7, 11) is -2.71. The number of amides is 1. The molecule has 1 amide bonds. The van der Waals surface area contributed by atoms with Crippen molar-refractivity contribution in [2.75, 3.05) is 30.4 Å². The second kappa shape index (κ2) is 9.82. The van der Waals surface area contributed by atoms with E-state index in [-0.39, 0.29) is 22.5 Å². The van der Waals surface area contributed by atoms with Gasteiger partial charge >= 0.3 is 0 Å². The fourth-order valence-electron chi connectivity index (χ4n) is 3.82. The highest BCUT2D eigenvalue weighted by Crippen LogP contribution is 2.29. The van der Waals surface area contributed by atoms with Gasteiger partial charge in [-0.25, -0.2) is 13.4 Å². The van der Waals surface area contributed by atoms with Crippen LogP contribution in [0.4, 0.5) is 11.4 Å². The third-order valence-corrected chi connectivity index (χ3v) is 7.05. The molecule has 0 spiro atoms. The van der Waals surface area contributed by atoms with Crippen molar-refractivity contribution in [3.8, 4) is 5.88 Å². The van der Waals surface area contributed by atoms with Gasteiger partial charge in [0, 0.05) is 19.4 Å². The van der Waals surface area contributed by atoms with Crippen molar-refractivity contribution in [1.82, 2.24) is 14.8 Å². The monoisotopic (exact) mass is 485 g/mol. The van der Waals surface area contributed by atoms with Gasteiger partial charge in [0.25, 0.3) is 15.9 Å². The molecule has 34 heavy (non-hydrogen) atoms. The van der Waals surface area contributed by atoms with E-state index in [1.807, 2.05) is 32.0 Å². The number of nitrogens with zero attached hydrogens (tertiary/aromatic N) is 3. The number of para-hydroxylation sites is 1. The van der Waals surface area contributed by atoms with E-state index in [1.165, 1.54) is 25.6 Å². The van der Waals surface area contributed by atoms with Crippen molar-refractivity contribution < 1.29 is 22.7 Å². The standard InChI is InChI=1S/C23H27N5O5S/c1-15-5-4-6-16(2)21(15)27-34(30,31)20-11-18(13-24-23(20)32-3)26-22(29)17-12-25-28(14-17)19-7-9-33-10-8-19/h4-6,11-14,19,27H,7-10H2,1-3H3,(H,26,29). The van der Waals surface area contributed by atoms with Crippen LogP contribution in [0.25, 0.3) is 0 Å². The van der Waals surface area contributed by atoms with Gasteiger partial charge in [-0.2, -0.15) is 5.10 Å². The number of anilines is 2. The van der Waals surface area contributed by atoms with Crippen LogP contribution in [0.2, 0.25) is 0 Å². The number of aryl methyl sites for hydroxylation is 2. The number of aromatic nitrogens is 3. The molecular formula is C23H27N5O5S. The van der Waals surface area contributed by atoms with Gasteiger partial charge in [0.2, 0.25) is 5.88 Å². The van der Waals surface area contributed by atoms with Crippen LogP contribution in [-0.4, -0.2) is 49.4 Å². The van der Waals surface area contributed by atoms with Gasteiger partial charge in [0.1, 0.15) is 0 Å². The van der Waals surface area contributed by atoms with E-state index in [0.717, 1.165) is 24.0 Å². The van der Waals surface area contributed by atoms with Crippen molar-refractivity contribution in [1.29, 1.82) is 0 Å². The van der Waals surface area contributed by atoms with Crippen molar-refractivity contribution in [3.63, 3.8) is 0 Å². The molecule has 0 aliphatic carbocycles. The maximum Gasteiger partial charge on any atom is 0.267 e. The number of rotatable bonds is 7. The summed E-state index contributed by atoms with van der Waals surface area (Å²) >= 11 is 0. The van der Waals surface area contributed by atoms with E-state index in [2.05, 4.69) is 20.1 Å². The highest BCUT2D eigenvalue weighted by Gasteiger charge is 2.24. The number of benzene rings is 1. The Morgan fingerprint density at radius 2 is 1.88 bits per heavy atom. The Morgan fingerprint density at radius 3 is 2.56 bits per heavy atom. The van der Waals surface area contributed by atoms with Gasteiger partial charge < -0.3 is 14.8 Å². The first-order valence-electron chi connectivity index (χ1n) is 10.8. The maximum atomic E-state index is 13.2. The lowest BCUT2D eigenvalue weighted by molar-refractivity contribution is 0.0662. The Kier molecular flexibility index (Phi) is 6.85. The Bertz CT molecular complexity index is 1280. The minimum atomic E-state index is -4.05. The van der Waals surface area contributed by atoms with E-state index >= 15 is 0 Å². The minimum absolute atomic E-state index is 0.0796. The largest absolute Gasteiger partial charge is 0.480 e. The summed E-state index contributed by atoms with van der Waals surface area (Å²) < 4.78 is 41.3. The average Bonchev–Trinajstić information content (AvgIpc) is 3.33. The van der Waals surface area contributed by atoms with Crippen LogP contribution < -0.4 is 14.8 Å². The van der Waals surface area contributed by atoms with E-state index < -0.39 is 15.9 Å². The third kappa shape index (κ3) is 5.05. The van der Waals surface area contributed by atoms with Crippen molar-refractivity contribution >= 4 is 27.3 Å². The van der Waals surface area contributed by atoms with Gasteiger partial charge in [-0.05, 0) is 43.9 Å². The topological polar surface area (TPSA) is 124 Å². The molecule has 0 bridgehead atoms. The number of nitrogens with one attached hydrogen (secondary N) is 2. The number of carbonyl (C=O) groups excluding carboxylic acids is 1. The summed E-state index contributed by atoms with van der Waals surface area (Å²) in [6.07, 6.45) is 6.18. The first-order chi connectivity index (χ1) is 16.3. The molecule has 0 unspecified atom stereocenters. The smallest absolute Gasteiger partial charge is 0.267 e. The Morgan fingerprint density at radius 1 is 1.18 bits per heavy atom. The lowest BCUT2D eigenvalue weighted by Gasteiger charge is -2.22. The number of hydrogen-bond donors (Lipinski definition) is 2. The van der Waals surface area contributed by atoms with Crippen LogP contribution in [0, 0.1) is 13.8 Å². The van der Waals surface area contributed by atoms with Gasteiger partial charge in [-0.15, -0.1) is 0 Å². The second-order valence-corrected chi connectivity index (χ2v) is 9.76. The molecule has 1 fully saturated rings.